The van der Waals surface area contributed by atoms with Crippen LogP contribution in [0.5, 0.6) is 0 Å². The molecule has 0 saturated carbocycles. The molecule has 2 aromatic heterocycles. The summed E-state index contributed by atoms with van der Waals surface area (Å²) in [5.74, 6) is 0. The maximum absolute atomic E-state index is 13.0. The van der Waals surface area contributed by atoms with Gasteiger partial charge in [0.25, 0.3) is 0 Å². The molecule has 2 heterocycles. The molecule has 0 bridgehead atoms. The normalized spacial score (nSPS) is 11.8. The molecule has 0 saturated heterocycles. The second kappa shape index (κ2) is 7.87. The molecule has 34 heavy (non-hydrogen) atoms. The average Bonchev–Trinajstić information content (AvgIpc) is 3.17. The molecule has 5 rings (SSSR count). The van der Waals surface area contributed by atoms with E-state index in [0.29, 0.717) is 5.69 Å². The largest absolute Gasteiger partial charge is 0.416 e. The fourth-order valence-corrected chi connectivity index (χ4v) is 4.07. The van der Waals surface area contributed by atoms with E-state index in [1.165, 1.54) is 23.4 Å². The van der Waals surface area contributed by atoms with E-state index < -0.39 is 17.8 Å². The molecule has 5 aromatic rings. The topological polar surface area (TPSA) is 87.9 Å². The minimum absolute atomic E-state index is 0.236. The number of amides is 2. The zero-order valence-corrected chi connectivity index (χ0v) is 17.9. The van der Waals surface area contributed by atoms with Crippen LogP contribution in [-0.2, 0) is 6.18 Å². The van der Waals surface area contributed by atoms with E-state index in [1.54, 1.807) is 18.3 Å². The maximum Gasteiger partial charge on any atom is 0.416 e. The Balaban J connectivity index is 1.58. The molecule has 0 fully saturated rings. The second-order valence-electron chi connectivity index (χ2n) is 7.89. The Hall–Kier alpha value is -4.40. The van der Waals surface area contributed by atoms with Crippen molar-refractivity contribution in [3.63, 3.8) is 0 Å². The molecule has 3 aromatic carbocycles. The van der Waals surface area contributed by atoms with Crippen LogP contribution in [0.2, 0.25) is 0 Å². The molecule has 0 aliphatic heterocycles. The summed E-state index contributed by atoms with van der Waals surface area (Å²) in [6.07, 6.45) is -1.24. The van der Waals surface area contributed by atoms with Crippen LogP contribution in [0.15, 0.2) is 73.2 Å². The van der Waals surface area contributed by atoms with Gasteiger partial charge in [-0.05, 0) is 66.1 Å². The average molecular weight is 461 g/mol. The Morgan fingerprint density at radius 2 is 1.71 bits per heavy atom. The van der Waals surface area contributed by atoms with Crippen LogP contribution < -0.4 is 10.6 Å². The SMILES string of the molecule is Cc1ccc(N(C(N)=O)c2ccc(C(F)(F)F)cc2)cc1-c1ccc2c(c1)[nH]c1ncncc12. The van der Waals surface area contributed by atoms with E-state index in [-0.39, 0.29) is 5.69 Å². The van der Waals surface area contributed by atoms with Crippen molar-refractivity contribution in [2.45, 2.75) is 13.1 Å². The first-order valence-electron chi connectivity index (χ1n) is 10.3. The number of aromatic nitrogens is 3. The van der Waals surface area contributed by atoms with Gasteiger partial charge in [-0.15, -0.1) is 0 Å². The van der Waals surface area contributed by atoms with Crippen molar-refractivity contribution < 1.29 is 18.0 Å². The predicted molar refractivity (Wildman–Crippen MR) is 125 cm³/mol. The zero-order valence-electron chi connectivity index (χ0n) is 17.9. The lowest BCUT2D eigenvalue weighted by Crippen LogP contribution is -2.31. The van der Waals surface area contributed by atoms with Gasteiger partial charge in [-0.25, -0.2) is 14.8 Å². The monoisotopic (exact) mass is 461 g/mol. The summed E-state index contributed by atoms with van der Waals surface area (Å²) in [4.78, 5) is 25.1. The van der Waals surface area contributed by atoms with Crippen LogP contribution in [0.25, 0.3) is 33.1 Å². The molecule has 0 aliphatic carbocycles. The van der Waals surface area contributed by atoms with Crippen molar-refractivity contribution >= 4 is 39.3 Å². The summed E-state index contributed by atoms with van der Waals surface area (Å²) in [5, 5.41) is 1.90. The molecule has 0 spiro atoms. The van der Waals surface area contributed by atoms with Gasteiger partial charge in [0.15, 0.2) is 0 Å². The number of anilines is 2. The van der Waals surface area contributed by atoms with Gasteiger partial charge in [-0.2, -0.15) is 13.2 Å². The lowest BCUT2D eigenvalue weighted by molar-refractivity contribution is -0.137. The molecule has 170 valence electrons. The van der Waals surface area contributed by atoms with E-state index in [4.69, 9.17) is 5.73 Å². The number of rotatable bonds is 3. The minimum Gasteiger partial charge on any atom is -0.351 e. The number of aromatic amines is 1. The third-order valence-corrected chi connectivity index (χ3v) is 5.74. The van der Waals surface area contributed by atoms with E-state index in [2.05, 4.69) is 15.0 Å². The van der Waals surface area contributed by atoms with Gasteiger partial charge in [0.1, 0.15) is 12.0 Å². The fourth-order valence-electron chi connectivity index (χ4n) is 4.07. The number of benzene rings is 3. The first kappa shape index (κ1) is 21.4. The lowest BCUT2D eigenvalue weighted by Gasteiger charge is -2.22. The minimum atomic E-state index is -4.47. The summed E-state index contributed by atoms with van der Waals surface area (Å²) in [7, 11) is 0. The standard InChI is InChI=1S/C25H18F3N5O/c1-14-2-6-18(33(24(29)34)17-7-4-16(5-8-17)25(26,27)28)11-20(14)15-3-9-19-21-12-30-13-31-23(21)32-22(19)10-15/h2-13H,1H3,(H2,29,34)(H,30,31,32). The molecule has 6 nitrogen and oxygen atoms in total. The summed E-state index contributed by atoms with van der Waals surface area (Å²) >= 11 is 0. The number of carbonyl (C=O) groups is 1. The molecular weight excluding hydrogens is 443 g/mol. The Labute approximate surface area is 191 Å². The molecule has 2 amide bonds. The van der Waals surface area contributed by atoms with Gasteiger partial charge >= 0.3 is 12.2 Å². The van der Waals surface area contributed by atoms with Crippen molar-refractivity contribution in [2.24, 2.45) is 5.73 Å². The molecule has 0 atom stereocenters. The maximum atomic E-state index is 13.0. The number of nitrogens with one attached hydrogen (secondary N) is 1. The summed E-state index contributed by atoms with van der Waals surface area (Å²) < 4.78 is 38.9. The van der Waals surface area contributed by atoms with Gasteiger partial charge < -0.3 is 10.7 Å². The summed E-state index contributed by atoms with van der Waals surface area (Å²) in [6.45, 7) is 1.94. The van der Waals surface area contributed by atoms with E-state index in [1.807, 2.05) is 31.2 Å². The molecule has 0 radical (unpaired) electrons. The zero-order chi connectivity index (χ0) is 24.0. The van der Waals surface area contributed by atoms with Crippen molar-refractivity contribution in [2.75, 3.05) is 4.90 Å². The van der Waals surface area contributed by atoms with E-state index in [9.17, 15) is 18.0 Å². The highest BCUT2D eigenvalue weighted by Crippen LogP contribution is 2.36. The number of alkyl halides is 3. The van der Waals surface area contributed by atoms with Crippen molar-refractivity contribution in [1.29, 1.82) is 0 Å². The number of carbonyl (C=O) groups excluding carboxylic acids is 1. The number of nitrogens with zero attached hydrogens (tertiary/aromatic N) is 3. The number of hydrogen-bond acceptors (Lipinski definition) is 3. The van der Waals surface area contributed by atoms with Crippen molar-refractivity contribution in [3.05, 3.63) is 84.3 Å². The summed E-state index contributed by atoms with van der Waals surface area (Å²) in [6, 6.07) is 14.7. The quantitative estimate of drug-likeness (QED) is 0.329. The van der Waals surface area contributed by atoms with Gasteiger partial charge in [-0.1, -0.05) is 18.2 Å². The molecule has 3 N–H and O–H groups in total. The van der Waals surface area contributed by atoms with Crippen LogP contribution in [0.1, 0.15) is 11.1 Å². The number of nitrogens with two attached hydrogens (primary N) is 1. The van der Waals surface area contributed by atoms with Crippen molar-refractivity contribution in [1.82, 2.24) is 15.0 Å². The van der Waals surface area contributed by atoms with E-state index in [0.717, 1.165) is 50.8 Å². The molecular formula is C25H18F3N5O. The third-order valence-electron chi connectivity index (χ3n) is 5.74. The van der Waals surface area contributed by atoms with Gasteiger partial charge in [-0.3, -0.25) is 4.90 Å². The van der Waals surface area contributed by atoms with Gasteiger partial charge in [0.05, 0.1) is 16.9 Å². The number of urea groups is 1. The predicted octanol–water partition coefficient (Wildman–Crippen LogP) is 6.32. The lowest BCUT2D eigenvalue weighted by atomic mass is 9.98. The number of hydrogen-bond donors (Lipinski definition) is 2. The highest BCUT2D eigenvalue weighted by Gasteiger charge is 2.30. The van der Waals surface area contributed by atoms with Crippen LogP contribution >= 0.6 is 0 Å². The smallest absolute Gasteiger partial charge is 0.351 e. The van der Waals surface area contributed by atoms with Crippen LogP contribution in [0, 0.1) is 6.92 Å². The highest BCUT2D eigenvalue weighted by atomic mass is 19.4. The van der Waals surface area contributed by atoms with E-state index >= 15 is 0 Å². The Bertz CT molecular complexity index is 1540. The molecule has 0 aliphatic rings. The number of aryl methyl sites for hydroxylation is 1. The first-order valence-corrected chi connectivity index (χ1v) is 10.3. The summed E-state index contributed by atoms with van der Waals surface area (Å²) in [5.41, 5.74) is 9.80. The number of primary amides is 1. The fraction of sp³-hybridized carbons (Fsp3) is 0.0800. The Morgan fingerprint density at radius 1 is 0.971 bits per heavy atom. The highest BCUT2D eigenvalue weighted by molar-refractivity contribution is 6.06. The molecule has 9 heteroatoms. The van der Waals surface area contributed by atoms with Crippen LogP contribution in [0.4, 0.5) is 29.3 Å². The number of halogens is 3. The van der Waals surface area contributed by atoms with Crippen LogP contribution in [-0.4, -0.2) is 21.0 Å². The third kappa shape index (κ3) is 3.71. The number of fused-ring (bicyclic) bond motifs is 3. The van der Waals surface area contributed by atoms with Crippen LogP contribution in [0.3, 0.4) is 0 Å². The van der Waals surface area contributed by atoms with Gasteiger partial charge in [0, 0.05) is 22.5 Å². The Morgan fingerprint density at radius 3 is 2.41 bits per heavy atom. The Kier molecular flexibility index (Phi) is 4.97. The van der Waals surface area contributed by atoms with Gasteiger partial charge in [0.2, 0.25) is 0 Å². The molecule has 0 unspecified atom stereocenters. The van der Waals surface area contributed by atoms with Crippen molar-refractivity contribution in [3.8, 4) is 11.1 Å². The first-order chi connectivity index (χ1) is 16.2. The second-order valence-corrected chi connectivity index (χ2v) is 7.89. The number of H-pyrrole nitrogens is 1.